The molecule has 13 heteroatoms. The summed E-state index contributed by atoms with van der Waals surface area (Å²) in [6, 6.07) is 4.89. The summed E-state index contributed by atoms with van der Waals surface area (Å²) in [4.78, 5) is 40.2. The topological polar surface area (TPSA) is 140 Å². The van der Waals surface area contributed by atoms with Crippen molar-refractivity contribution in [3.8, 4) is 0 Å². The number of hydrogen-bond donors (Lipinski definition) is 3. The minimum atomic E-state index is -3.57. The molecule has 1 atom stereocenters. The number of hydrogen-bond acceptors (Lipinski definition) is 9. The zero-order valence-electron chi connectivity index (χ0n) is 23.5. The minimum Gasteiger partial charge on any atom is -0.343 e. The fraction of sp³-hybridized carbons (Fsp3) is 0.556. The fourth-order valence-corrected chi connectivity index (χ4v) is 6.39. The third-order valence-electron chi connectivity index (χ3n) is 7.93. The first-order valence-electron chi connectivity index (χ1n) is 13.8. The Hall–Kier alpha value is -3.45. The number of rotatable bonds is 7. The quantitative estimate of drug-likeness (QED) is 0.458. The van der Waals surface area contributed by atoms with E-state index in [1.807, 2.05) is 18.7 Å². The first-order chi connectivity index (χ1) is 19.0. The summed E-state index contributed by atoms with van der Waals surface area (Å²) in [5, 5.41) is 8.93. The van der Waals surface area contributed by atoms with Gasteiger partial charge in [0.25, 0.3) is 0 Å². The summed E-state index contributed by atoms with van der Waals surface area (Å²) < 4.78 is 24.9. The molecular formula is C27H38N8O4S. The highest BCUT2D eigenvalue weighted by Crippen LogP contribution is 2.33. The van der Waals surface area contributed by atoms with E-state index >= 15 is 0 Å². The van der Waals surface area contributed by atoms with Crippen molar-refractivity contribution in [1.82, 2.24) is 20.2 Å². The molecule has 1 aromatic carbocycles. The average molecular weight is 571 g/mol. The van der Waals surface area contributed by atoms with Crippen molar-refractivity contribution in [3.05, 3.63) is 24.4 Å². The molecule has 12 nitrogen and oxygen atoms in total. The number of carbonyl (C=O) groups is 2. The van der Waals surface area contributed by atoms with Crippen LogP contribution in [0, 0.1) is 0 Å². The molecule has 1 aromatic heterocycles. The van der Waals surface area contributed by atoms with Gasteiger partial charge in [0, 0.05) is 55.9 Å². The SMILES string of the molecule is CC(C)N1CC(=O)N(C)c2cnc(Nc3cc(NC(=O)NC4CCN(C5CCCC5)C4)cc(S(C)(=O)=O)c3)nc21. The van der Waals surface area contributed by atoms with Gasteiger partial charge in [0.2, 0.25) is 11.9 Å². The van der Waals surface area contributed by atoms with E-state index in [0.717, 1.165) is 25.8 Å². The Morgan fingerprint density at radius 2 is 1.82 bits per heavy atom. The molecule has 40 heavy (non-hydrogen) atoms. The number of likely N-dealkylation sites (tertiary alicyclic amines) is 1. The Morgan fingerprint density at radius 3 is 2.52 bits per heavy atom. The van der Waals surface area contributed by atoms with Gasteiger partial charge in [-0.25, -0.2) is 18.2 Å². The predicted molar refractivity (Wildman–Crippen MR) is 155 cm³/mol. The summed E-state index contributed by atoms with van der Waals surface area (Å²) in [6.45, 7) is 5.97. The summed E-state index contributed by atoms with van der Waals surface area (Å²) in [7, 11) is -1.89. The van der Waals surface area contributed by atoms with Gasteiger partial charge in [0.15, 0.2) is 15.7 Å². The molecule has 3 aliphatic rings. The van der Waals surface area contributed by atoms with Crippen molar-refractivity contribution in [2.24, 2.45) is 0 Å². The summed E-state index contributed by atoms with van der Waals surface area (Å²) in [5.74, 6) is 0.796. The van der Waals surface area contributed by atoms with Crippen LogP contribution >= 0.6 is 0 Å². The fourth-order valence-electron chi connectivity index (χ4n) is 5.71. The van der Waals surface area contributed by atoms with Gasteiger partial charge in [0.05, 0.1) is 17.6 Å². The lowest BCUT2D eigenvalue weighted by Crippen LogP contribution is -2.47. The van der Waals surface area contributed by atoms with Crippen LogP contribution in [0.2, 0.25) is 0 Å². The molecule has 3 amide bonds. The Morgan fingerprint density at radius 1 is 1.10 bits per heavy atom. The summed E-state index contributed by atoms with van der Waals surface area (Å²) in [5.41, 5.74) is 1.33. The Bertz CT molecular complexity index is 1390. The van der Waals surface area contributed by atoms with E-state index in [4.69, 9.17) is 0 Å². The van der Waals surface area contributed by atoms with Crippen molar-refractivity contribution in [2.75, 3.05) is 53.4 Å². The highest BCUT2D eigenvalue weighted by molar-refractivity contribution is 7.90. The molecule has 2 aromatic rings. The lowest BCUT2D eigenvalue weighted by molar-refractivity contribution is -0.117. The highest BCUT2D eigenvalue weighted by atomic mass is 32.2. The van der Waals surface area contributed by atoms with Crippen molar-refractivity contribution in [2.45, 2.75) is 69.0 Å². The number of sulfone groups is 1. The molecule has 1 saturated heterocycles. The van der Waals surface area contributed by atoms with Crippen LogP contribution in [0.15, 0.2) is 29.3 Å². The van der Waals surface area contributed by atoms with E-state index < -0.39 is 9.84 Å². The van der Waals surface area contributed by atoms with Crippen LogP contribution in [-0.4, -0.2) is 86.3 Å². The van der Waals surface area contributed by atoms with Crippen molar-refractivity contribution >= 4 is 50.6 Å². The molecule has 1 saturated carbocycles. The maximum atomic E-state index is 12.9. The van der Waals surface area contributed by atoms with Gasteiger partial charge in [-0.1, -0.05) is 12.8 Å². The van der Waals surface area contributed by atoms with Crippen molar-refractivity contribution < 1.29 is 18.0 Å². The molecule has 3 heterocycles. The first-order valence-corrected chi connectivity index (χ1v) is 15.7. The summed E-state index contributed by atoms with van der Waals surface area (Å²) in [6.07, 6.45) is 8.59. The number of nitrogens with one attached hydrogen (secondary N) is 3. The molecule has 1 aliphatic carbocycles. The van der Waals surface area contributed by atoms with Crippen LogP contribution in [0.25, 0.3) is 0 Å². The monoisotopic (exact) mass is 570 g/mol. The lowest BCUT2D eigenvalue weighted by Gasteiger charge is -2.36. The number of aromatic nitrogens is 2. The number of benzene rings is 1. The van der Waals surface area contributed by atoms with E-state index in [-0.39, 0.29) is 41.4 Å². The number of carbonyl (C=O) groups excluding carboxylic acids is 2. The molecule has 3 N–H and O–H groups in total. The van der Waals surface area contributed by atoms with E-state index in [1.165, 1.54) is 42.7 Å². The standard InChI is InChI=1S/C27H38N8O4S/c1-17(2)35-16-24(36)33(3)23-14-28-26(32-25(23)35)29-19-11-20(13-22(12-19)40(4,38)39)31-27(37)30-18-9-10-34(15-18)21-7-5-6-8-21/h11-14,17-18,21H,5-10,15-16H2,1-4H3,(H,28,29,32)(H2,30,31,37). The Kier molecular flexibility index (Phi) is 7.87. The van der Waals surface area contributed by atoms with E-state index in [1.54, 1.807) is 19.3 Å². The molecule has 216 valence electrons. The van der Waals surface area contributed by atoms with E-state index in [0.29, 0.717) is 28.9 Å². The second-order valence-electron chi connectivity index (χ2n) is 11.2. The number of nitrogens with zero attached hydrogens (tertiary/aromatic N) is 5. The molecule has 0 bridgehead atoms. The number of likely N-dealkylation sites (N-methyl/N-ethyl adjacent to an activating group) is 1. The normalized spacial score (nSPS) is 20.2. The van der Waals surface area contributed by atoms with Gasteiger partial charge in [-0.3, -0.25) is 9.69 Å². The zero-order chi connectivity index (χ0) is 28.6. The molecule has 0 radical (unpaired) electrons. The maximum absolute atomic E-state index is 12.9. The van der Waals surface area contributed by atoms with Gasteiger partial charge in [-0.2, -0.15) is 4.98 Å². The van der Waals surface area contributed by atoms with Crippen molar-refractivity contribution in [3.63, 3.8) is 0 Å². The zero-order valence-corrected chi connectivity index (χ0v) is 24.3. The number of urea groups is 1. The second-order valence-corrected chi connectivity index (χ2v) is 13.3. The largest absolute Gasteiger partial charge is 0.343 e. The average Bonchev–Trinajstić information content (AvgIpc) is 3.58. The van der Waals surface area contributed by atoms with Gasteiger partial charge < -0.3 is 25.8 Å². The highest BCUT2D eigenvalue weighted by Gasteiger charge is 2.32. The predicted octanol–water partition coefficient (Wildman–Crippen LogP) is 2.95. The molecule has 2 aliphatic heterocycles. The van der Waals surface area contributed by atoms with Gasteiger partial charge in [0.1, 0.15) is 5.69 Å². The number of fused-ring (bicyclic) bond motifs is 1. The van der Waals surface area contributed by atoms with Crippen LogP contribution < -0.4 is 25.8 Å². The van der Waals surface area contributed by atoms with Crippen LogP contribution in [0.5, 0.6) is 0 Å². The first kappa shape index (κ1) is 28.1. The Labute approximate surface area is 235 Å². The lowest BCUT2D eigenvalue weighted by atomic mass is 10.2. The molecular weight excluding hydrogens is 532 g/mol. The smallest absolute Gasteiger partial charge is 0.319 e. The van der Waals surface area contributed by atoms with E-state index in [9.17, 15) is 18.0 Å². The molecule has 0 spiro atoms. The number of amides is 3. The van der Waals surface area contributed by atoms with Gasteiger partial charge in [-0.05, 0) is 51.3 Å². The van der Waals surface area contributed by atoms with Gasteiger partial charge >= 0.3 is 6.03 Å². The molecule has 5 rings (SSSR count). The maximum Gasteiger partial charge on any atom is 0.319 e. The molecule has 1 unspecified atom stereocenters. The van der Waals surface area contributed by atoms with Crippen LogP contribution in [-0.2, 0) is 14.6 Å². The van der Waals surface area contributed by atoms with Crippen LogP contribution in [0.4, 0.5) is 33.6 Å². The number of anilines is 5. The molecule has 2 fully saturated rings. The summed E-state index contributed by atoms with van der Waals surface area (Å²) >= 11 is 0. The van der Waals surface area contributed by atoms with Crippen LogP contribution in [0.1, 0.15) is 46.0 Å². The van der Waals surface area contributed by atoms with Crippen molar-refractivity contribution in [1.29, 1.82) is 0 Å². The minimum absolute atomic E-state index is 0.0344. The Balaban J connectivity index is 1.33. The second kappa shape index (κ2) is 11.2. The third-order valence-corrected chi connectivity index (χ3v) is 9.02. The third kappa shape index (κ3) is 6.15. The van der Waals surface area contributed by atoms with Crippen LogP contribution in [0.3, 0.4) is 0 Å². The van der Waals surface area contributed by atoms with Gasteiger partial charge in [-0.15, -0.1) is 0 Å². The van der Waals surface area contributed by atoms with E-state index in [2.05, 4.69) is 30.8 Å².